The number of thioether (sulfide) groups is 1. The summed E-state index contributed by atoms with van der Waals surface area (Å²) in [6.07, 6.45) is 0. The van der Waals surface area contributed by atoms with Gasteiger partial charge >= 0.3 is 0 Å². The Morgan fingerprint density at radius 3 is 2.68 bits per heavy atom. The highest BCUT2D eigenvalue weighted by molar-refractivity contribution is 7.98. The van der Waals surface area contributed by atoms with Crippen LogP contribution in [0.3, 0.4) is 0 Å². The molecule has 2 aromatic rings. The standard InChI is InChI=1S/C20H30N4O3S/c1-6-24(7-2)18-10-15(12-26-5)22-20(23-18)28-13-16-8-9-17(27-16)19(25)21-11-14(3)4/h8-10,14H,6-7,11-13H2,1-5H3,(H,21,25). The summed E-state index contributed by atoms with van der Waals surface area (Å²) in [5.41, 5.74) is 0.843. The summed E-state index contributed by atoms with van der Waals surface area (Å²) in [7, 11) is 1.65. The van der Waals surface area contributed by atoms with Crippen molar-refractivity contribution in [1.82, 2.24) is 15.3 Å². The first-order valence-corrected chi connectivity index (χ1v) is 10.6. The second-order valence-electron chi connectivity index (χ2n) is 6.76. The van der Waals surface area contributed by atoms with Crippen LogP contribution in [0.4, 0.5) is 5.82 Å². The van der Waals surface area contributed by atoms with Crippen LogP contribution in [0.2, 0.25) is 0 Å². The minimum Gasteiger partial charge on any atom is -0.455 e. The van der Waals surface area contributed by atoms with Crippen LogP contribution in [0, 0.1) is 5.92 Å². The maximum absolute atomic E-state index is 12.1. The van der Waals surface area contributed by atoms with Gasteiger partial charge in [0.25, 0.3) is 5.91 Å². The number of rotatable bonds is 11. The van der Waals surface area contributed by atoms with Gasteiger partial charge in [0.1, 0.15) is 11.6 Å². The predicted octanol–water partition coefficient (Wildman–Crippen LogP) is 3.74. The molecule has 0 saturated heterocycles. The molecule has 0 saturated carbocycles. The average molecular weight is 407 g/mol. The molecule has 0 unspecified atom stereocenters. The number of hydrogen-bond donors (Lipinski definition) is 1. The molecule has 2 heterocycles. The summed E-state index contributed by atoms with van der Waals surface area (Å²) >= 11 is 1.48. The van der Waals surface area contributed by atoms with Crippen LogP contribution in [0.15, 0.2) is 27.8 Å². The molecular formula is C20H30N4O3S. The molecule has 1 amide bonds. The monoisotopic (exact) mass is 406 g/mol. The fraction of sp³-hybridized carbons (Fsp3) is 0.550. The van der Waals surface area contributed by atoms with Crippen molar-refractivity contribution in [1.29, 1.82) is 0 Å². The van der Waals surface area contributed by atoms with Gasteiger partial charge in [-0.1, -0.05) is 25.6 Å². The summed E-state index contributed by atoms with van der Waals surface area (Å²) < 4.78 is 10.9. The van der Waals surface area contributed by atoms with Crippen LogP contribution in [0.25, 0.3) is 0 Å². The van der Waals surface area contributed by atoms with E-state index in [9.17, 15) is 4.79 Å². The van der Waals surface area contributed by atoms with Crippen molar-refractivity contribution in [2.24, 2.45) is 5.92 Å². The molecule has 1 N–H and O–H groups in total. The largest absolute Gasteiger partial charge is 0.455 e. The number of anilines is 1. The first-order chi connectivity index (χ1) is 13.5. The van der Waals surface area contributed by atoms with Gasteiger partial charge in [0.05, 0.1) is 18.1 Å². The van der Waals surface area contributed by atoms with Gasteiger partial charge < -0.3 is 19.4 Å². The van der Waals surface area contributed by atoms with Crippen molar-refractivity contribution in [2.75, 3.05) is 31.6 Å². The van der Waals surface area contributed by atoms with Gasteiger partial charge in [-0.05, 0) is 31.9 Å². The maximum atomic E-state index is 12.1. The van der Waals surface area contributed by atoms with Gasteiger partial charge in [0, 0.05) is 32.8 Å². The van der Waals surface area contributed by atoms with E-state index >= 15 is 0 Å². The molecule has 0 aliphatic heterocycles. The SMILES string of the molecule is CCN(CC)c1cc(COC)nc(SCc2ccc(C(=O)NCC(C)C)o2)n1. The van der Waals surface area contributed by atoms with Crippen molar-refractivity contribution in [3.63, 3.8) is 0 Å². The third kappa shape index (κ3) is 6.53. The topological polar surface area (TPSA) is 80.5 Å². The average Bonchev–Trinajstić information content (AvgIpc) is 3.15. The lowest BCUT2D eigenvalue weighted by Gasteiger charge is -2.20. The van der Waals surface area contributed by atoms with Crippen molar-refractivity contribution in [3.05, 3.63) is 35.4 Å². The van der Waals surface area contributed by atoms with Gasteiger partial charge in [-0.3, -0.25) is 4.79 Å². The first kappa shape index (κ1) is 22.2. The molecule has 0 aliphatic carbocycles. The summed E-state index contributed by atoms with van der Waals surface area (Å²) in [5, 5.41) is 3.52. The molecule has 0 spiro atoms. The van der Waals surface area contributed by atoms with E-state index < -0.39 is 0 Å². The zero-order chi connectivity index (χ0) is 20.5. The Morgan fingerprint density at radius 1 is 1.29 bits per heavy atom. The summed E-state index contributed by atoms with van der Waals surface area (Å²) in [6.45, 7) is 11.1. The molecule has 0 atom stereocenters. The fourth-order valence-corrected chi connectivity index (χ4v) is 3.32. The number of ether oxygens (including phenoxy) is 1. The number of nitrogens with one attached hydrogen (secondary N) is 1. The van der Waals surface area contributed by atoms with Gasteiger partial charge in [-0.25, -0.2) is 9.97 Å². The molecule has 2 aromatic heterocycles. The molecule has 0 bridgehead atoms. The first-order valence-electron chi connectivity index (χ1n) is 9.58. The van der Waals surface area contributed by atoms with Crippen LogP contribution >= 0.6 is 11.8 Å². The van der Waals surface area contributed by atoms with Crippen LogP contribution < -0.4 is 10.2 Å². The molecule has 154 valence electrons. The van der Waals surface area contributed by atoms with E-state index in [1.54, 1.807) is 13.2 Å². The highest BCUT2D eigenvalue weighted by atomic mass is 32.2. The van der Waals surface area contributed by atoms with E-state index in [1.165, 1.54) is 11.8 Å². The van der Waals surface area contributed by atoms with E-state index in [-0.39, 0.29) is 5.91 Å². The highest BCUT2D eigenvalue weighted by Gasteiger charge is 2.14. The van der Waals surface area contributed by atoms with E-state index in [0.717, 1.165) is 24.6 Å². The van der Waals surface area contributed by atoms with E-state index in [1.807, 2.05) is 12.1 Å². The van der Waals surface area contributed by atoms with Crippen LogP contribution in [-0.4, -0.2) is 42.6 Å². The molecular weight excluding hydrogens is 376 g/mol. The minimum absolute atomic E-state index is 0.188. The number of amides is 1. The smallest absolute Gasteiger partial charge is 0.287 e. The number of furan rings is 1. The van der Waals surface area contributed by atoms with E-state index in [4.69, 9.17) is 9.15 Å². The number of carbonyl (C=O) groups excluding carboxylic acids is 1. The normalized spacial score (nSPS) is 11.1. The van der Waals surface area contributed by atoms with Gasteiger partial charge in [0.15, 0.2) is 10.9 Å². The molecule has 7 nitrogen and oxygen atoms in total. The summed E-state index contributed by atoms with van der Waals surface area (Å²) in [4.78, 5) is 23.5. The van der Waals surface area contributed by atoms with E-state index in [0.29, 0.717) is 41.5 Å². The predicted molar refractivity (Wildman–Crippen MR) is 112 cm³/mol. The van der Waals surface area contributed by atoms with Gasteiger partial charge in [-0.15, -0.1) is 0 Å². The Kier molecular flexibility index (Phi) is 8.79. The van der Waals surface area contributed by atoms with Gasteiger partial charge in [-0.2, -0.15) is 0 Å². The summed E-state index contributed by atoms with van der Waals surface area (Å²) in [5.74, 6) is 2.69. The van der Waals surface area contributed by atoms with Crippen molar-refractivity contribution in [3.8, 4) is 0 Å². The van der Waals surface area contributed by atoms with Crippen molar-refractivity contribution < 1.29 is 13.9 Å². The number of nitrogens with zero attached hydrogens (tertiary/aromatic N) is 3. The van der Waals surface area contributed by atoms with Crippen LogP contribution in [0.1, 0.15) is 49.7 Å². The molecule has 0 fully saturated rings. The molecule has 0 radical (unpaired) electrons. The van der Waals surface area contributed by atoms with E-state index in [2.05, 4.69) is 47.9 Å². The molecule has 2 rings (SSSR count). The third-order valence-corrected chi connectivity index (χ3v) is 4.89. The van der Waals surface area contributed by atoms with Crippen LogP contribution in [-0.2, 0) is 17.1 Å². The number of carbonyl (C=O) groups is 1. The minimum atomic E-state index is -0.188. The maximum Gasteiger partial charge on any atom is 0.287 e. The number of aromatic nitrogens is 2. The summed E-state index contributed by atoms with van der Waals surface area (Å²) in [6, 6.07) is 5.49. The molecule has 0 aliphatic rings. The molecule has 28 heavy (non-hydrogen) atoms. The Labute approximate surface area is 171 Å². The Hall–Kier alpha value is -2.06. The zero-order valence-electron chi connectivity index (χ0n) is 17.3. The van der Waals surface area contributed by atoms with Gasteiger partial charge in [0.2, 0.25) is 0 Å². The second kappa shape index (κ2) is 11.1. The molecule has 8 heteroatoms. The van der Waals surface area contributed by atoms with Crippen molar-refractivity contribution >= 4 is 23.5 Å². The number of methoxy groups -OCH3 is 1. The highest BCUT2D eigenvalue weighted by Crippen LogP contribution is 2.24. The van der Waals surface area contributed by atoms with Crippen LogP contribution in [0.5, 0.6) is 0 Å². The lowest BCUT2D eigenvalue weighted by atomic mass is 10.2. The molecule has 0 aromatic carbocycles. The third-order valence-electron chi connectivity index (χ3n) is 4.02. The fourth-order valence-electron chi connectivity index (χ4n) is 2.55. The van der Waals surface area contributed by atoms with Crippen molar-refractivity contribution in [2.45, 2.75) is 45.2 Å². The number of hydrogen-bond acceptors (Lipinski definition) is 7. The zero-order valence-corrected chi connectivity index (χ0v) is 18.1. The Balaban J connectivity index is 2.06. The lowest BCUT2D eigenvalue weighted by Crippen LogP contribution is -2.26. The Morgan fingerprint density at radius 2 is 2.04 bits per heavy atom. The Bertz CT molecular complexity index is 760. The quantitative estimate of drug-likeness (QED) is 0.450. The lowest BCUT2D eigenvalue weighted by molar-refractivity contribution is 0.0920. The second-order valence-corrected chi connectivity index (χ2v) is 7.71.